The topological polar surface area (TPSA) is 43.4 Å². The average molecular weight is 234 g/mol. The first-order chi connectivity index (χ1) is 8.22. The molecule has 2 aliphatic rings. The number of fused-ring (bicyclic) bond motifs is 1. The second-order valence-corrected chi connectivity index (χ2v) is 4.85. The van der Waals surface area contributed by atoms with Crippen molar-refractivity contribution >= 4 is 12.3 Å². The molecule has 2 atom stereocenters. The molecule has 0 saturated heterocycles. The first kappa shape index (κ1) is 12.1. The molecule has 0 fully saturated rings. The van der Waals surface area contributed by atoms with Crippen molar-refractivity contribution in [2.75, 3.05) is 0 Å². The standard InChI is InChI=1S/C14H18O3/c1-2-3-8-14(10-15)9-4-5-11-6-7-12(16)17-13(11)14/h5-7,10,13H,2-4,8-9H2,1H3/t13-,14+/m1/s1. The summed E-state index contributed by atoms with van der Waals surface area (Å²) in [6, 6.07) is 0. The van der Waals surface area contributed by atoms with Gasteiger partial charge in [-0.1, -0.05) is 25.8 Å². The Kier molecular flexibility index (Phi) is 3.46. The normalized spacial score (nSPS) is 31.5. The highest BCUT2D eigenvalue weighted by molar-refractivity contribution is 5.85. The van der Waals surface area contributed by atoms with Gasteiger partial charge in [0.05, 0.1) is 5.41 Å². The van der Waals surface area contributed by atoms with E-state index in [0.717, 1.165) is 44.0 Å². The number of hydrogen-bond acceptors (Lipinski definition) is 3. The molecule has 0 saturated carbocycles. The highest BCUT2D eigenvalue weighted by atomic mass is 16.5. The summed E-state index contributed by atoms with van der Waals surface area (Å²) in [6.07, 6.45) is 10.4. The van der Waals surface area contributed by atoms with Gasteiger partial charge in [-0.05, 0) is 30.9 Å². The number of unbranched alkanes of at least 4 members (excludes halogenated alkanes) is 1. The van der Waals surface area contributed by atoms with Gasteiger partial charge < -0.3 is 9.53 Å². The van der Waals surface area contributed by atoms with Crippen molar-refractivity contribution in [3.8, 4) is 0 Å². The molecular weight excluding hydrogens is 216 g/mol. The number of carbonyl (C=O) groups is 2. The SMILES string of the molecule is CCCC[C@@]1(C=O)CCC=C2C=CC(=O)O[C@H]21. The lowest BCUT2D eigenvalue weighted by Crippen LogP contribution is -2.44. The lowest BCUT2D eigenvalue weighted by molar-refractivity contribution is -0.151. The van der Waals surface area contributed by atoms with Crippen LogP contribution in [0.2, 0.25) is 0 Å². The van der Waals surface area contributed by atoms with Crippen LogP contribution in [0.15, 0.2) is 23.8 Å². The van der Waals surface area contributed by atoms with Crippen LogP contribution in [0.3, 0.4) is 0 Å². The second kappa shape index (κ2) is 4.86. The molecule has 0 aromatic heterocycles. The minimum atomic E-state index is -0.499. The average Bonchev–Trinajstić information content (AvgIpc) is 2.36. The lowest BCUT2D eigenvalue weighted by atomic mass is 9.69. The van der Waals surface area contributed by atoms with Gasteiger partial charge in [0, 0.05) is 6.08 Å². The van der Waals surface area contributed by atoms with E-state index in [4.69, 9.17) is 4.74 Å². The predicted molar refractivity (Wildman–Crippen MR) is 64.4 cm³/mol. The number of ether oxygens (including phenoxy) is 1. The van der Waals surface area contributed by atoms with E-state index in [2.05, 4.69) is 13.0 Å². The molecule has 0 aromatic rings. The van der Waals surface area contributed by atoms with Gasteiger partial charge in [-0.2, -0.15) is 0 Å². The molecule has 2 rings (SSSR count). The molecule has 17 heavy (non-hydrogen) atoms. The largest absolute Gasteiger partial charge is 0.453 e. The molecule has 1 heterocycles. The highest BCUT2D eigenvalue weighted by Crippen LogP contribution is 2.42. The number of allylic oxidation sites excluding steroid dienone is 1. The fourth-order valence-corrected chi connectivity index (χ4v) is 2.68. The molecule has 0 N–H and O–H groups in total. The van der Waals surface area contributed by atoms with E-state index < -0.39 is 5.41 Å². The summed E-state index contributed by atoms with van der Waals surface area (Å²) in [5.41, 5.74) is 0.486. The van der Waals surface area contributed by atoms with E-state index in [0.29, 0.717) is 0 Å². The van der Waals surface area contributed by atoms with E-state index in [-0.39, 0.29) is 12.1 Å². The van der Waals surface area contributed by atoms with Crippen LogP contribution in [0.4, 0.5) is 0 Å². The van der Waals surface area contributed by atoms with E-state index in [1.807, 2.05) is 0 Å². The molecule has 0 radical (unpaired) electrons. The van der Waals surface area contributed by atoms with Gasteiger partial charge in [-0.25, -0.2) is 4.79 Å². The Morgan fingerprint density at radius 2 is 2.35 bits per heavy atom. The summed E-state index contributed by atoms with van der Waals surface area (Å²) in [5, 5.41) is 0. The zero-order valence-corrected chi connectivity index (χ0v) is 10.1. The first-order valence-corrected chi connectivity index (χ1v) is 6.27. The molecule has 0 amide bonds. The van der Waals surface area contributed by atoms with Gasteiger partial charge in [0.25, 0.3) is 0 Å². The third-order valence-electron chi connectivity index (χ3n) is 3.69. The van der Waals surface area contributed by atoms with Crippen LogP contribution >= 0.6 is 0 Å². The van der Waals surface area contributed by atoms with E-state index in [1.165, 1.54) is 6.08 Å². The lowest BCUT2D eigenvalue weighted by Gasteiger charge is -2.40. The molecule has 0 unspecified atom stereocenters. The Hall–Kier alpha value is -1.38. The molecule has 1 aliphatic carbocycles. The third kappa shape index (κ3) is 2.19. The summed E-state index contributed by atoms with van der Waals surface area (Å²) in [7, 11) is 0. The molecule has 0 spiro atoms. The maximum Gasteiger partial charge on any atom is 0.331 e. The van der Waals surface area contributed by atoms with Crippen molar-refractivity contribution < 1.29 is 14.3 Å². The van der Waals surface area contributed by atoms with Crippen LogP contribution in [-0.2, 0) is 14.3 Å². The quantitative estimate of drug-likeness (QED) is 0.554. The fourth-order valence-electron chi connectivity index (χ4n) is 2.68. The summed E-state index contributed by atoms with van der Waals surface area (Å²) in [4.78, 5) is 22.8. The Morgan fingerprint density at radius 3 is 3.06 bits per heavy atom. The molecule has 1 aliphatic heterocycles. The fraction of sp³-hybridized carbons (Fsp3) is 0.571. The summed E-state index contributed by atoms with van der Waals surface area (Å²) >= 11 is 0. The van der Waals surface area contributed by atoms with Crippen LogP contribution in [0.5, 0.6) is 0 Å². The van der Waals surface area contributed by atoms with Gasteiger partial charge in [-0.15, -0.1) is 0 Å². The maximum atomic E-state index is 11.5. The third-order valence-corrected chi connectivity index (χ3v) is 3.69. The van der Waals surface area contributed by atoms with E-state index in [9.17, 15) is 9.59 Å². The van der Waals surface area contributed by atoms with Crippen molar-refractivity contribution in [1.82, 2.24) is 0 Å². The van der Waals surface area contributed by atoms with Crippen LogP contribution in [0.25, 0.3) is 0 Å². The number of hydrogen-bond donors (Lipinski definition) is 0. The van der Waals surface area contributed by atoms with Crippen molar-refractivity contribution in [2.24, 2.45) is 5.41 Å². The molecule has 0 aromatic carbocycles. The molecule has 0 bridgehead atoms. The van der Waals surface area contributed by atoms with Crippen molar-refractivity contribution in [2.45, 2.75) is 45.1 Å². The molecular formula is C14H18O3. The van der Waals surface area contributed by atoms with Gasteiger partial charge in [-0.3, -0.25) is 0 Å². The summed E-state index contributed by atoms with van der Waals surface area (Å²) < 4.78 is 5.37. The molecule has 3 heteroatoms. The van der Waals surface area contributed by atoms with Crippen molar-refractivity contribution in [1.29, 1.82) is 0 Å². The number of carbonyl (C=O) groups excluding carboxylic acids is 2. The predicted octanol–water partition coefficient (Wildman–Crippen LogP) is 2.56. The van der Waals surface area contributed by atoms with Crippen LogP contribution in [-0.4, -0.2) is 18.4 Å². The van der Waals surface area contributed by atoms with Gasteiger partial charge in [0.1, 0.15) is 12.4 Å². The van der Waals surface area contributed by atoms with Crippen molar-refractivity contribution in [3.63, 3.8) is 0 Å². The van der Waals surface area contributed by atoms with E-state index >= 15 is 0 Å². The Labute approximate surface area is 102 Å². The van der Waals surface area contributed by atoms with Gasteiger partial charge >= 0.3 is 5.97 Å². The molecule has 92 valence electrons. The highest BCUT2D eigenvalue weighted by Gasteiger charge is 2.44. The van der Waals surface area contributed by atoms with Gasteiger partial charge in [0.15, 0.2) is 0 Å². The Balaban J connectivity index is 2.28. The smallest absolute Gasteiger partial charge is 0.331 e. The Morgan fingerprint density at radius 1 is 1.53 bits per heavy atom. The maximum absolute atomic E-state index is 11.5. The zero-order chi connectivity index (χ0) is 12.3. The monoisotopic (exact) mass is 234 g/mol. The first-order valence-electron chi connectivity index (χ1n) is 6.27. The number of esters is 1. The van der Waals surface area contributed by atoms with Crippen LogP contribution in [0.1, 0.15) is 39.0 Å². The second-order valence-electron chi connectivity index (χ2n) is 4.85. The van der Waals surface area contributed by atoms with E-state index in [1.54, 1.807) is 6.08 Å². The number of aldehydes is 1. The van der Waals surface area contributed by atoms with Gasteiger partial charge in [0.2, 0.25) is 0 Å². The zero-order valence-electron chi connectivity index (χ0n) is 10.1. The molecule has 3 nitrogen and oxygen atoms in total. The summed E-state index contributed by atoms with van der Waals surface area (Å²) in [6.45, 7) is 2.10. The van der Waals surface area contributed by atoms with Crippen molar-refractivity contribution in [3.05, 3.63) is 23.8 Å². The van der Waals surface area contributed by atoms with Crippen LogP contribution < -0.4 is 0 Å². The minimum absolute atomic E-state index is 0.336. The minimum Gasteiger partial charge on any atom is -0.453 e. The Bertz CT molecular complexity index is 381. The summed E-state index contributed by atoms with van der Waals surface area (Å²) in [5.74, 6) is -0.336. The van der Waals surface area contributed by atoms with Crippen LogP contribution in [0, 0.1) is 5.41 Å². The number of rotatable bonds is 4.